The molecule has 0 radical (unpaired) electrons. The molecule has 1 saturated heterocycles. The highest BCUT2D eigenvalue weighted by molar-refractivity contribution is 5.89. The smallest absolute Gasteiger partial charge is 0.319 e. The standard InChI is InChI=1S/C23H25N3O2/c27-23(24-17-21(22-9-6-16-28-22)26-14-4-5-15-26)25-20-12-10-19(11-13-20)18-7-2-1-3-8-18/h1-3,6-13,16,21H,4-5,14-15,17H2,(H2,24,25,27)/t21-/m0/s1. The van der Waals surface area contributed by atoms with Crippen molar-refractivity contribution in [2.24, 2.45) is 0 Å². The molecule has 144 valence electrons. The Morgan fingerprint density at radius 1 is 0.929 bits per heavy atom. The van der Waals surface area contributed by atoms with Crippen LogP contribution in [0.15, 0.2) is 77.4 Å². The van der Waals surface area contributed by atoms with Crippen molar-refractivity contribution < 1.29 is 9.21 Å². The van der Waals surface area contributed by atoms with Crippen LogP contribution in [0.25, 0.3) is 11.1 Å². The highest BCUT2D eigenvalue weighted by Crippen LogP contribution is 2.25. The van der Waals surface area contributed by atoms with Crippen molar-refractivity contribution in [2.45, 2.75) is 18.9 Å². The van der Waals surface area contributed by atoms with Gasteiger partial charge in [0.1, 0.15) is 5.76 Å². The van der Waals surface area contributed by atoms with Crippen LogP contribution in [0.2, 0.25) is 0 Å². The molecule has 4 rings (SSSR count). The van der Waals surface area contributed by atoms with E-state index in [4.69, 9.17) is 4.42 Å². The summed E-state index contributed by atoms with van der Waals surface area (Å²) in [5.41, 5.74) is 3.05. The molecule has 0 unspecified atom stereocenters. The lowest BCUT2D eigenvalue weighted by atomic mass is 10.1. The summed E-state index contributed by atoms with van der Waals surface area (Å²) in [4.78, 5) is 14.8. The van der Waals surface area contributed by atoms with Crippen LogP contribution in [0, 0.1) is 0 Å². The van der Waals surface area contributed by atoms with Gasteiger partial charge < -0.3 is 15.1 Å². The highest BCUT2D eigenvalue weighted by atomic mass is 16.3. The fourth-order valence-corrected chi connectivity index (χ4v) is 3.69. The van der Waals surface area contributed by atoms with Crippen LogP contribution in [0.4, 0.5) is 10.5 Å². The number of anilines is 1. The zero-order chi connectivity index (χ0) is 19.2. The van der Waals surface area contributed by atoms with E-state index in [0.29, 0.717) is 6.54 Å². The minimum Gasteiger partial charge on any atom is -0.468 e. The highest BCUT2D eigenvalue weighted by Gasteiger charge is 2.25. The number of urea groups is 1. The molecule has 3 aromatic rings. The molecule has 1 fully saturated rings. The van der Waals surface area contributed by atoms with Crippen molar-refractivity contribution in [1.82, 2.24) is 10.2 Å². The maximum atomic E-state index is 12.4. The third kappa shape index (κ3) is 4.43. The number of likely N-dealkylation sites (tertiary alicyclic amines) is 1. The lowest BCUT2D eigenvalue weighted by molar-refractivity contribution is 0.207. The van der Waals surface area contributed by atoms with Crippen LogP contribution in [0.5, 0.6) is 0 Å². The van der Waals surface area contributed by atoms with Gasteiger partial charge in [-0.3, -0.25) is 4.90 Å². The Labute approximate surface area is 165 Å². The van der Waals surface area contributed by atoms with E-state index in [0.717, 1.165) is 35.7 Å². The Balaban J connectivity index is 1.34. The summed E-state index contributed by atoms with van der Waals surface area (Å²) >= 11 is 0. The van der Waals surface area contributed by atoms with E-state index < -0.39 is 0 Å². The zero-order valence-electron chi connectivity index (χ0n) is 15.8. The van der Waals surface area contributed by atoms with E-state index >= 15 is 0 Å². The van der Waals surface area contributed by atoms with Crippen LogP contribution in [-0.2, 0) is 0 Å². The number of furan rings is 1. The first-order valence-corrected chi connectivity index (χ1v) is 9.77. The monoisotopic (exact) mass is 375 g/mol. The Morgan fingerprint density at radius 2 is 1.64 bits per heavy atom. The number of hydrogen-bond acceptors (Lipinski definition) is 3. The van der Waals surface area contributed by atoms with Gasteiger partial charge >= 0.3 is 6.03 Å². The van der Waals surface area contributed by atoms with Crippen LogP contribution >= 0.6 is 0 Å². The molecule has 1 aliphatic rings. The van der Waals surface area contributed by atoms with Gasteiger partial charge in [-0.25, -0.2) is 4.79 Å². The van der Waals surface area contributed by atoms with Crippen LogP contribution in [-0.4, -0.2) is 30.6 Å². The van der Waals surface area contributed by atoms with Crippen LogP contribution in [0.1, 0.15) is 24.6 Å². The van der Waals surface area contributed by atoms with E-state index in [-0.39, 0.29) is 12.1 Å². The maximum absolute atomic E-state index is 12.4. The van der Waals surface area contributed by atoms with Crippen molar-refractivity contribution in [2.75, 3.05) is 25.0 Å². The third-order valence-electron chi connectivity index (χ3n) is 5.16. The van der Waals surface area contributed by atoms with Gasteiger partial charge in [-0.15, -0.1) is 0 Å². The molecular weight excluding hydrogens is 350 g/mol. The average Bonchev–Trinajstić information content (AvgIpc) is 3.44. The number of hydrogen-bond donors (Lipinski definition) is 2. The normalized spacial score (nSPS) is 15.3. The fourth-order valence-electron chi connectivity index (χ4n) is 3.69. The Hall–Kier alpha value is -3.05. The number of nitrogens with zero attached hydrogens (tertiary/aromatic N) is 1. The Morgan fingerprint density at radius 3 is 2.32 bits per heavy atom. The van der Waals surface area contributed by atoms with Crippen molar-refractivity contribution in [3.63, 3.8) is 0 Å². The predicted octanol–water partition coefficient (Wildman–Crippen LogP) is 4.91. The second-order valence-corrected chi connectivity index (χ2v) is 7.05. The molecule has 2 N–H and O–H groups in total. The number of rotatable bonds is 6. The van der Waals surface area contributed by atoms with Crippen molar-refractivity contribution >= 4 is 11.7 Å². The molecule has 0 saturated carbocycles. The number of amides is 2. The lowest BCUT2D eigenvalue weighted by Gasteiger charge is -2.26. The summed E-state index contributed by atoms with van der Waals surface area (Å²) in [6.07, 6.45) is 4.07. The van der Waals surface area contributed by atoms with Gasteiger partial charge in [0.25, 0.3) is 0 Å². The Kier molecular flexibility index (Phi) is 5.73. The minimum absolute atomic E-state index is 0.0729. The van der Waals surface area contributed by atoms with E-state index in [1.165, 1.54) is 12.8 Å². The summed E-state index contributed by atoms with van der Waals surface area (Å²) in [6.45, 7) is 2.59. The molecule has 2 aromatic carbocycles. The molecule has 5 heteroatoms. The first-order chi connectivity index (χ1) is 13.8. The zero-order valence-corrected chi connectivity index (χ0v) is 15.8. The van der Waals surface area contributed by atoms with Gasteiger partial charge in [0.2, 0.25) is 0 Å². The summed E-state index contributed by atoms with van der Waals surface area (Å²) in [5, 5.41) is 5.90. The molecule has 2 amide bonds. The SMILES string of the molecule is O=C(NC[C@@H](c1ccco1)N1CCCC1)Nc1ccc(-c2ccccc2)cc1. The van der Waals surface area contributed by atoms with Crippen LogP contribution in [0.3, 0.4) is 0 Å². The largest absolute Gasteiger partial charge is 0.468 e. The lowest BCUT2D eigenvalue weighted by Crippen LogP contribution is -2.38. The summed E-state index contributed by atoms with van der Waals surface area (Å²) in [5.74, 6) is 0.898. The molecule has 2 heterocycles. The number of carbonyl (C=O) groups excluding carboxylic acids is 1. The molecular formula is C23H25N3O2. The van der Waals surface area contributed by atoms with Gasteiger partial charge in [0, 0.05) is 12.2 Å². The average molecular weight is 375 g/mol. The molecule has 0 spiro atoms. The number of nitrogens with one attached hydrogen (secondary N) is 2. The Bertz CT molecular complexity index is 870. The van der Waals surface area contributed by atoms with Gasteiger partial charge in [-0.05, 0) is 61.3 Å². The van der Waals surface area contributed by atoms with Crippen molar-refractivity contribution in [3.05, 3.63) is 78.8 Å². The minimum atomic E-state index is -0.205. The second-order valence-electron chi connectivity index (χ2n) is 7.05. The molecule has 5 nitrogen and oxygen atoms in total. The van der Waals surface area contributed by atoms with Gasteiger partial charge in [0.15, 0.2) is 0 Å². The quantitative estimate of drug-likeness (QED) is 0.644. The first-order valence-electron chi connectivity index (χ1n) is 9.77. The van der Waals surface area contributed by atoms with Crippen molar-refractivity contribution in [3.8, 4) is 11.1 Å². The second kappa shape index (κ2) is 8.76. The summed E-state index contributed by atoms with van der Waals surface area (Å²) in [7, 11) is 0. The molecule has 1 aromatic heterocycles. The maximum Gasteiger partial charge on any atom is 0.319 e. The first kappa shape index (κ1) is 18.3. The van der Waals surface area contributed by atoms with Crippen LogP contribution < -0.4 is 10.6 Å². The topological polar surface area (TPSA) is 57.5 Å². The van der Waals surface area contributed by atoms with E-state index in [1.54, 1.807) is 6.26 Å². The van der Waals surface area contributed by atoms with E-state index in [1.807, 2.05) is 54.6 Å². The van der Waals surface area contributed by atoms with Crippen molar-refractivity contribution in [1.29, 1.82) is 0 Å². The third-order valence-corrected chi connectivity index (χ3v) is 5.16. The molecule has 1 atom stereocenters. The van der Waals surface area contributed by atoms with Gasteiger partial charge in [0.05, 0.1) is 12.3 Å². The summed E-state index contributed by atoms with van der Waals surface area (Å²) in [6, 6.07) is 21.8. The van der Waals surface area contributed by atoms with Gasteiger partial charge in [-0.2, -0.15) is 0 Å². The summed E-state index contributed by atoms with van der Waals surface area (Å²) < 4.78 is 5.60. The number of benzene rings is 2. The predicted molar refractivity (Wildman–Crippen MR) is 111 cm³/mol. The van der Waals surface area contributed by atoms with E-state index in [2.05, 4.69) is 27.7 Å². The van der Waals surface area contributed by atoms with Gasteiger partial charge in [-0.1, -0.05) is 42.5 Å². The fraction of sp³-hybridized carbons (Fsp3) is 0.261. The molecule has 0 aliphatic carbocycles. The van der Waals surface area contributed by atoms with E-state index in [9.17, 15) is 4.79 Å². The number of carbonyl (C=O) groups is 1. The molecule has 0 bridgehead atoms. The molecule has 1 aliphatic heterocycles. The molecule has 28 heavy (non-hydrogen) atoms.